The van der Waals surface area contributed by atoms with Crippen LogP contribution in [-0.2, 0) is 19.4 Å². The first-order valence-corrected chi connectivity index (χ1v) is 14.3. The van der Waals surface area contributed by atoms with Crippen molar-refractivity contribution in [2.24, 2.45) is 11.8 Å². The summed E-state index contributed by atoms with van der Waals surface area (Å²) in [6.07, 6.45) is -6.62. The van der Waals surface area contributed by atoms with Crippen LogP contribution >= 0.6 is 11.6 Å². The van der Waals surface area contributed by atoms with Gasteiger partial charge in [-0.25, -0.2) is 17.2 Å². The molecule has 2 aliphatic carbocycles. The van der Waals surface area contributed by atoms with Crippen LogP contribution in [-0.4, -0.2) is 74.4 Å². The molecule has 3 aliphatic rings. The highest BCUT2D eigenvalue weighted by Gasteiger charge is 2.53. The van der Waals surface area contributed by atoms with Gasteiger partial charge in [0.1, 0.15) is 5.75 Å². The van der Waals surface area contributed by atoms with Crippen molar-refractivity contribution in [1.29, 1.82) is 0 Å². The zero-order valence-corrected chi connectivity index (χ0v) is 22.7. The number of nitrogens with zero attached hydrogens (tertiary/aromatic N) is 1. The summed E-state index contributed by atoms with van der Waals surface area (Å²) in [5.74, 6) is -6.87. The minimum absolute atomic E-state index is 0.210. The quantitative estimate of drug-likeness (QED) is 0.349. The van der Waals surface area contributed by atoms with Crippen molar-refractivity contribution in [3.8, 4) is 5.75 Å². The number of carbonyl (C=O) groups is 2. The molecular formula is C24H29ClF5N3O5S. The third-order valence-corrected chi connectivity index (χ3v) is 10.3. The fourth-order valence-corrected chi connectivity index (χ4v) is 7.46. The summed E-state index contributed by atoms with van der Waals surface area (Å²) >= 11 is 6.15. The van der Waals surface area contributed by atoms with E-state index in [-0.39, 0.29) is 30.2 Å². The van der Waals surface area contributed by atoms with Crippen LogP contribution < -0.4 is 15.4 Å². The van der Waals surface area contributed by atoms with Crippen LogP contribution in [0.15, 0.2) is 23.1 Å². The lowest BCUT2D eigenvalue weighted by molar-refractivity contribution is -0.189. The number of halogens is 6. The summed E-state index contributed by atoms with van der Waals surface area (Å²) in [5.41, 5.74) is -0.658. The maximum absolute atomic E-state index is 13.8. The third kappa shape index (κ3) is 6.27. The summed E-state index contributed by atoms with van der Waals surface area (Å²) in [6, 6.07) is 3.01. The SMILES string of the molecule is CNC1(NC(=O)[C@@H]2C[C@@H](S(=O)(=O)c3ccc(O[C@@H](C)C(F)(F)F)cc3Cl)C[C@H]2C(=O)N2CCC(F)(F)C2)CC1. The van der Waals surface area contributed by atoms with Crippen LogP contribution in [0, 0.1) is 11.8 Å². The summed E-state index contributed by atoms with van der Waals surface area (Å²) < 4.78 is 98.1. The Morgan fingerprint density at radius 1 is 1.15 bits per heavy atom. The molecule has 1 heterocycles. The third-order valence-electron chi connectivity index (χ3n) is 7.67. The molecular weight excluding hydrogens is 573 g/mol. The van der Waals surface area contributed by atoms with Crippen molar-refractivity contribution in [3.05, 3.63) is 23.2 Å². The minimum atomic E-state index is -4.65. The van der Waals surface area contributed by atoms with Gasteiger partial charge in [0, 0.05) is 19.0 Å². The number of sulfone groups is 1. The lowest BCUT2D eigenvalue weighted by Gasteiger charge is -2.26. The van der Waals surface area contributed by atoms with E-state index >= 15 is 0 Å². The smallest absolute Gasteiger partial charge is 0.425 e. The molecule has 0 bridgehead atoms. The van der Waals surface area contributed by atoms with Crippen LogP contribution in [0.3, 0.4) is 0 Å². The topological polar surface area (TPSA) is 105 Å². The van der Waals surface area contributed by atoms with Gasteiger partial charge in [-0.2, -0.15) is 13.2 Å². The maximum Gasteiger partial charge on any atom is 0.425 e. The largest absolute Gasteiger partial charge is 0.481 e. The molecule has 8 nitrogen and oxygen atoms in total. The lowest BCUT2D eigenvalue weighted by Crippen LogP contribution is -2.50. The van der Waals surface area contributed by atoms with Gasteiger partial charge >= 0.3 is 6.18 Å². The summed E-state index contributed by atoms with van der Waals surface area (Å²) in [6.45, 7) is -0.230. The van der Waals surface area contributed by atoms with Gasteiger partial charge in [-0.3, -0.25) is 14.9 Å². The number of rotatable bonds is 8. The van der Waals surface area contributed by atoms with Gasteiger partial charge in [0.05, 0.1) is 39.2 Å². The van der Waals surface area contributed by atoms with Gasteiger partial charge in [0.25, 0.3) is 5.92 Å². The van der Waals surface area contributed by atoms with E-state index in [0.717, 1.165) is 30.0 Å². The number of benzene rings is 1. The zero-order valence-electron chi connectivity index (χ0n) is 21.2. The number of ether oxygens (including phenoxy) is 1. The van der Waals surface area contributed by atoms with E-state index in [0.29, 0.717) is 12.8 Å². The molecule has 0 radical (unpaired) electrons. The van der Waals surface area contributed by atoms with E-state index in [1.54, 1.807) is 7.05 Å². The monoisotopic (exact) mass is 601 g/mol. The van der Waals surface area contributed by atoms with E-state index in [2.05, 4.69) is 10.6 Å². The number of hydrogen-bond acceptors (Lipinski definition) is 6. The second kappa shape index (κ2) is 10.3. The Morgan fingerprint density at radius 2 is 1.79 bits per heavy atom. The van der Waals surface area contributed by atoms with Crippen LogP contribution in [0.25, 0.3) is 0 Å². The molecule has 0 spiro atoms. The van der Waals surface area contributed by atoms with Crippen LogP contribution in [0.4, 0.5) is 22.0 Å². The summed E-state index contributed by atoms with van der Waals surface area (Å²) in [4.78, 5) is 27.1. The highest BCUT2D eigenvalue weighted by Crippen LogP contribution is 2.43. The molecule has 2 saturated carbocycles. The Kier molecular flexibility index (Phi) is 7.89. The average molecular weight is 602 g/mol. The number of amides is 2. The zero-order chi connectivity index (χ0) is 29.0. The van der Waals surface area contributed by atoms with Crippen LogP contribution in [0.1, 0.15) is 39.0 Å². The standard InChI is InChI=1S/C24H29ClF5N3O5S/c1-13(24(28,29)30)38-14-3-4-19(18(25)9-14)39(36,37)15-10-16(20(34)32-23(31-2)5-6-23)17(11-15)21(35)33-8-7-22(26,27)12-33/h3-4,9,13,15-17,31H,5-8,10-12H2,1-2H3,(H,32,34)/t13-,15+,16+,17+/m0/s1. The molecule has 1 aromatic carbocycles. The number of alkyl halides is 5. The predicted octanol–water partition coefficient (Wildman–Crippen LogP) is 3.53. The first kappa shape index (κ1) is 29.8. The molecule has 0 aromatic heterocycles. The summed E-state index contributed by atoms with van der Waals surface area (Å²) in [7, 11) is -2.63. The van der Waals surface area contributed by atoms with Crippen molar-refractivity contribution in [3.63, 3.8) is 0 Å². The van der Waals surface area contributed by atoms with Crippen molar-refractivity contribution in [2.75, 3.05) is 20.1 Å². The Labute approximate surface area is 227 Å². The second-order valence-electron chi connectivity index (χ2n) is 10.4. The molecule has 39 heavy (non-hydrogen) atoms. The van der Waals surface area contributed by atoms with Crippen LogP contribution in [0.5, 0.6) is 5.75 Å². The normalized spacial score (nSPS) is 26.8. The van der Waals surface area contributed by atoms with Crippen molar-refractivity contribution in [1.82, 2.24) is 15.5 Å². The van der Waals surface area contributed by atoms with E-state index in [1.807, 2.05) is 0 Å². The molecule has 4 atom stereocenters. The molecule has 1 saturated heterocycles. The Balaban J connectivity index is 1.58. The molecule has 218 valence electrons. The molecule has 1 aromatic rings. The van der Waals surface area contributed by atoms with Gasteiger partial charge in [0.2, 0.25) is 11.8 Å². The fraction of sp³-hybridized carbons (Fsp3) is 0.667. The second-order valence-corrected chi connectivity index (χ2v) is 13.0. The maximum atomic E-state index is 13.8. The Hall–Kier alpha value is -2.19. The van der Waals surface area contributed by atoms with Gasteiger partial charge in [-0.1, -0.05) is 11.6 Å². The molecule has 2 amide bonds. The number of carbonyl (C=O) groups excluding carboxylic acids is 2. The number of likely N-dealkylation sites (tertiary alicyclic amines) is 1. The number of nitrogens with one attached hydrogen (secondary N) is 2. The van der Waals surface area contributed by atoms with Gasteiger partial charge < -0.3 is 15.0 Å². The average Bonchev–Trinajstić information content (AvgIpc) is 3.28. The van der Waals surface area contributed by atoms with E-state index in [1.165, 1.54) is 0 Å². The van der Waals surface area contributed by atoms with Gasteiger partial charge in [-0.15, -0.1) is 0 Å². The van der Waals surface area contributed by atoms with Crippen molar-refractivity contribution < 1.29 is 44.7 Å². The Morgan fingerprint density at radius 3 is 2.31 bits per heavy atom. The minimum Gasteiger partial charge on any atom is -0.481 e. The molecule has 3 fully saturated rings. The van der Waals surface area contributed by atoms with Crippen molar-refractivity contribution in [2.45, 2.75) is 73.0 Å². The summed E-state index contributed by atoms with van der Waals surface area (Å²) in [5, 5.41) is 4.15. The lowest BCUT2D eigenvalue weighted by atomic mass is 9.93. The molecule has 15 heteroatoms. The highest BCUT2D eigenvalue weighted by atomic mass is 35.5. The van der Waals surface area contributed by atoms with Gasteiger partial charge in [-0.05, 0) is 51.8 Å². The Bertz CT molecular complexity index is 1240. The number of hydrogen-bond donors (Lipinski definition) is 2. The highest BCUT2D eigenvalue weighted by molar-refractivity contribution is 7.92. The predicted molar refractivity (Wildman–Crippen MR) is 130 cm³/mol. The van der Waals surface area contributed by atoms with E-state index in [9.17, 15) is 40.0 Å². The molecule has 4 rings (SSSR count). The van der Waals surface area contributed by atoms with Crippen LogP contribution in [0.2, 0.25) is 5.02 Å². The first-order chi connectivity index (χ1) is 18.0. The first-order valence-electron chi connectivity index (χ1n) is 12.4. The van der Waals surface area contributed by atoms with Gasteiger partial charge in [0.15, 0.2) is 15.9 Å². The van der Waals surface area contributed by atoms with E-state index < -0.39 is 80.5 Å². The molecule has 1 aliphatic heterocycles. The van der Waals surface area contributed by atoms with E-state index in [4.69, 9.17) is 16.3 Å². The molecule has 0 unspecified atom stereocenters. The fourth-order valence-electron chi connectivity index (χ4n) is 5.09. The molecule has 2 N–H and O–H groups in total. The van der Waals surface area contributed by atoms with Crippen molar-refractivity contribution >= 4 is 33.3 Å².